The Labute approximate surface area is 85.0 Å². The van der Waals surface area contributed by atoms with Gasteiger partial charge < -0.3 is 5.73 Å². The Kier molecular flexibility index (Phi) is 3.16. The summed E-state index contributed by atoms with van der Waals surface area (Å²) < 4.78 is 0.885. The van der Waals surface area contributed by atoms with Crippen molar-refractivity contribution in [1.82, 2.24) is 0 Å². The normalized spacial score (nSPS) is 12.2. The predicted molar refractivity (Wildman–Crippen MR) is 54.9 cm³/mol. The molecule has 62 valence electrons. The Balaban J connectivity index is 3.10. The van der Waals surface area contributed by atoms with Gasteiger partial charge in [-0.2, -0.15) is 0 Å². The lowest BCUT2D eigenvalue weighted by atomic mass is 10.1. The first-order valence-corrected chi connectivity index (χ1v) is 4.48. The van der Waals surface area contributed by atoms with Crippen molar-refractivity contribution in [3.8, 4) is 12.3 Å². The molecule has 1 nitrogen and oxygen atoms in total. The maximum atomic E-state index is 5.80. The third-order valence-corrected chi connectivity index (χ3v) is 2.10. The van der Waals surface area contributed by atoms with Crippen LogP contribution in [0.5, 0.6) is 0 Å². The van der Waals surface area contributed by atoms with Crippen molar-refractivity contribution in [1.29, 1.82) is 0 Å². The van der Waals surface area contributed by atoms with E-state index in [9.17, 15) is 0 Å². The first-order chi connectivity index (χ1) is 5.63. The second-order valence-electron chi connectivity index (χ2n) is 2.35. The zero-order valence-corrected chi connectivity index (χ0v) is 8.56. The van der Waals surface area contributed by atoms with Gasteiger partial charge in [0.25, 0.3) is 0 Å². The minimum Gasteiger partial charge on any atom is -0.314 e. The zero-order chi connectivity index (χ0) is 9.14. The topological polar surface area (TPSA) is 26.0 Å². The Morgan fingerprint density at radius 2 is 2.17 bits per heavy atom. The van der Waals surface area contributed by atoms with E-state index in [-0.39, 0.29) is 6.04 Å². The average molecular weight is 245 g/mol. The van der Waals surface area contributed by atoms with Crippen molar-refractivity contribution < 1.29 is 0 Å². The summed E-state index contributed by atoms with van der Waals surface area (Å²) in [5, 5.41) is 0.630. The molecule has 0 aliphatic carbocycles. The molecule has 1 unspecified atom stereocenters. The SMILES string of the molecule is C#CC(N)c1cc(Cl)cc(Br)c1. The molecule has 0 aliphatic heterocycles. The van der Waals surface area contributed by atoms with Crippen LogP contribution in [0.2, 0.25) is 5.02 Å². The van der Waals surface area contributed by atoms with Crippen molar-refractivity contribution in [3.63, 3.8) is 0 Å². The van der Waals surface area contributed by atoms with Crippen LogP contribution in [-0.2, 0) is 0 Å². The fourth-order valence-corrected chi connectivity index (χ4v) is 1.74. The summed E-state index contributed by atoms with van der Waals surface area (Å²) in [6.45, 7) is 0. The lowest BCUT2D eigenvalue weighted by molar-refractivity contribution is 0.945. The van der Waals surface area contributed by atoms with E-state index in [1.165, 1.54) is 0 Å². The molecule has 0 aromatic heterocycles. The molecule has 0 amide bonds. The summed E-state index contributed by atoms with van der Waals surface area (Å²) in [4.78, 5) is 0. The van der Waals surface area contributed by atoms with Crippen LogP contribution >= 0.6 is 27.5 Å². The van der Waals surface area contributed by atoms with Gasteiger partial charge in [0.05, 0.1) is 6.04 Å². The molecule has 0 heterocycles. The Hall–Kier alpha value is -0.490. The van der Waals surface area contributed by atoms with Gasteiger partial charge in [0, 0.05) is 9.50 Å². The van der Waals surface area contributed by atoms with Gasteiger partial charge in [0.15, 0.2) is 0 Å². The largest absolute Gasteiger partial charge is 0.314 e. The molecule has 3 heteroatoms. The van der Waals surface area contributed by atoms with E-state index in [2.05, 4.69) is 21.9 Å². The second kappa shape index (κ2) is 3.95. The third-order valence-electron chi connectivity index (χ3n) is 1.42. The van der Waals surface area contributed by atoms with Crippen molar-refractivity contribution >= 4 is 27.5 Å². The van der Waals surface area contributed by atoms with Crippen LogP contribution in [-0.4, -0.2) is 0 Å². The van der Waals surface area contributed by atoms with Crippen molar-refractivity contribution in [2.75, 3.05) is 0 Å². The monoisotopic (exact) mass is 243 g/mol. The highest BCUT2D eigenvalue weighted by atomic mass is 79.9. The van der Waals surface area contributed by atoms with Crippen molar-refractivity contribution in [2.24, 2.45) is 5.73 Å². The number of nitrogens with two attached hydrogens (primary N) is 1. The molecule has 0 saturated carbocycles. The molecule has 0 aliphatic rings. The van der Waals surface area contributed by atoms with Crippen LogP contribution in [0, 0.1) is 12.3 Å². The molecule has 1 aromatic rings. The number of rotatable bonds is 1. The number of halogens is 2. The van der Waals surface area contributed by atoms with Gasteiger partial charge in [0.1, 0.15) is 0 Å². The van der Waals surface area contributed by atoms with Crippen LogP contribution in [0.1, 0.15) is 11.6 Å². The summed E-state index contributed by atoms with van der Waals surface area (Å²) in [6.07, 6.45) is 5.17. The third kappa shape index (κ3) is 2.25. The molecule has 0 spiro atoms. The molecule has 0 radical (unpaired) electrons. The van der Waals surface area contributed by atoms with Gasteiger partial charge in [-0.15, -0.1) is 6.42 Å². The van der Waals surface area contributed by atoms with E-state index in [0.717, 1.165) is 10.0 Å². The van der Waals surface area contributed by atoms with E-state index in [0.29, 0.717) is 5.02 Å². The fourth-order valence-electron chi connectivity index (χ4n) is 0.851. The first kappa shape index (κ1) is 9.60. The Morgan fingerprint density at radius 1 is 1.50 bits per heavy atom. The summed E-state index contributed by atoms with van der Waals surface area (Å²) in [5.41, 5.74) is 6.46. The molecule has 12 heavy (non-hydrogen) atoms. The molecule has 1 atom stereocenters. The molecule has 2 N–H and O–H groups in total. The smallest absolute Gasteiger partial charge is 0.0919 e. The van der Waals surface area contributed by atoms with Gasteiger partial charge in [-0.25, -0.2) is 0 Å². The van der Waals surface area contributed by atoms with Crippen LogP contribution in [0.3, 0.4) is 0 Å². The number of terminal acetylenes is 1. The van der Waals surface area contributed by atoms with Crippen LogP contribution < -0.4 is 5.73 Å². The molecular formula is C9H7BrClN. The highest BCUT2D eigenvalue weighted by molar-refractivity contribution is 9.10. The maximum Gasteiger partial charge on any atom is 0.0919 e. The summed E-state index contributed by atoms with van der Waals surface area (Å²) >= 11 is 9.10. The van der Waals surface area contributed by atoms with E-state index in [1.54, 1.807) is 12.1 Å². The average Bonchev–Trinajstić information content (AvgIpc) is 2.01. The zero-order valence-electron chi connectivity index (χ0n) is 6.22. The Bertz CT molecular complexity index is 310. The summed E-state index contributed by atoms with van der Waals surface area (Å²) in [6, 6.07) is 5.02. The molecular weight excluding hydrogens is 237 g/mol. The minimum atomic E-state index is -0.389. The van der Waals surface area contributed by atoms with Crippen molar-refractivity contribution in [3.05, 3.63) is 33.3 Å². The van der Waals surface area contributed by atoms with Gasteiger partial charge >= 0.3 is 0 Å². The molecule has 1 rings (SSSR count). The van der Waals surface area contributed by atoms with Crippen molar-refractivity contribution in [2.45, 2.75) is 6.04 Å². The lowest BCUT2D eigenvalue weighted by Gasteiger charge is -2.05. The maximum absolute atomic E-state index is 5.80. The lowest BCUT2D eigenvalue weighted by Crippen LogP contribution is -2.06. The number of benzene rings is 1. The first-order valence-electron chi connectivity index (χ1n) is 3.31. The van der Waals surface area contributed by atoms with E-state index in [1.807, 2.05) is 6.07 Å². The van der Waals surface area contributed by atoms with E-state index in [4.69, 9.17) is 23.8 Å². The predicted octanol–water partition coefficient (Wildman–Crippen LogP) is 2.74. The quantitative estimate of drug-likeness (QED) is 0.755. The second-order valence-corrected chi connectivity index (χ2v) is 3.70. The summed E-state index contributed by atoms with van der Waals surface area (Å²) in [7, 11) is 0. The Morgan fingerprint density at radius 3 is 2.67 bits per heavy atom. The molecule has 1 aromatic carbocycles. The van der Waals surface area contributed by atoms with E-state index >= 15 is 0 Å². The summed E-state index contributed by atoms with van der Waals surface area (Å²) in [5.74, 6) is 2.43. The van der Waals surface area contributed by atoms with Gasteiger partial charge in [-0.1, -0.05) is 33.5 Å². The van der Waals surface area contributed by atoms with Crippen LogP contribution in [0.15, 0.2) is 22.7 Å². The fraction of sp³-hybridized carbons (Fsp3) is 0.111. The van der Waals surface area contributed by atoms with Gasteiger partial charge in [-0.3, -0.25) is 0 Å². The van der Waals surface area contributed by atoms with E-state index < -0.39 is 0 Å². The van der Waals surface area contributed by atoms with Gasteiger partial charge in [-0.05, 0) is 23.8 Å². The highest BCUT2D eigenvalue weighted by Crippen LogP contribution is 2.22. The van der Waals surface area contributed by atoms with Crippen LogP contribution in [0.25, 0.3) is 0 Å². The molecule has 0 saturated heterocycles. The highest BCUT2D eigenvalue weighted by Gasteiger charge is 2.03. The number of hydrogen-bond acceptors (Lipinski definition) is 1. The number of hydrogen-bond donors (Lipinski definition) is 1. The van der Waals surface area contributed by atoms with Crippen LogP contribution in [0.4, 0.5) is 0 Å². The molecule has 0 bridgehead atoms. The standard InChI is InChI=1S/C9H7BrClN/c1-2-9(12)6-3-7(10)5-8(11)4-6/h1,3-5,9H,12H2. The minimum absolute atomic E-state index is 0.389. The van der Waals surface area contributed by atoms with Gasteiger partial charge in [0.2, 0.25) is 0 Å². The molecule has 0 fully saturated rings.